The van der Waals surface area contributed by atoms with Crippen molar-refractivity contribution in [2.24, 2.45) is 0 Å². The first-order chi connectivity index (χ1) is 12.0. The number of ether oxygens (including phenoxy) is 4. The van der Waals surface area contributed by atoms with E-state index in [1.807, 2.05) is 0 Å². The van der Waals surface area contributed by atoms with Crippen LogP contribution < -0.4 is 19.5 Å². The standard InChI is InChI=1S/C17H21N3O5/c1-6-25-16(21)12-9-18-17(19-10(12)2)20-11-7-13(22-3)15(24-5)14(8-11)23-4/h7-9H,6H2,1-5H3,(H,18,19,20). The fourth-order valence-corrected chi connectivity index (χ4v) is 2.22. The van der Waals surface area contributed by atoms with E-state index in [4.69, 9.17) is 18.9 Å². The largest absolute Gasteiger partial charge is 0.493 e. The van der Waals surface area contributed by atoms with E-state index < -0.39 is 5.97 Å². The molecule has 1 aromatic carbocycles. The predicted octanol–water partition coefficient (Wildman–Crippen LogP) is 2.73. The molecular weight excluding hydrogens is 326 g/mol. The zero-order valence-electron chi connectivity index (χ0n) is 14.9. The fraction of sp³-hybridized carbons (Fsp3) is 0.353. The summed E-state index contributed by atoms with van der Waals surface area (Å²) in [6.07, 6.45) is 1.43. The van der Waals surface area contributed by atoms with Crippen LogP contribution in [-0.4, -0.2) is 43.9 Å². The maximum Gasteiger partial charge on any atom is 0.341 e. The highest BCUT2D eigenvalue weighted by atomic mass is 16.5. The number of rotatable bonds is 7. The molecule has 8 heteroatoms. The van der Waals surface area contributed by atoms with Gasteiger partial charge in [0.05, 0.1) is 39.2 Å². The molecule has 1 aromatic heterocycles. The molecule has 0 saturated carbocycles. The molecule has 134 valence electrons. The molecule has 0 spiro atoms. The zero-order valence-corrected chi connectivity index (χ0v) is 14.9. The number of nitrogens with zero attached hydrogens (tertiary/aromatic N) is 2. The minimum absolute atomic E-state index is 0.295. The van der Waals surface area contributed by atoms with Gasteiger partial charge in [-0.1, -0.05) is 0 Å². The molecule has 0 aliphatic heterocycles. The summed E-state index contributed by atoms with van der Waals surface area (Å²) < 4.78 is 20.9. The molecule has 0 radical (unpaired) electrons. The van der Waals surface area contributed by atoms with Gasteiger partial charge in [-0.15, -0.1) is 0 Å². The second-order valence-electron chi connectivity index (χ2n) is 4.95. The predicted molar refractivity (Wildman–Crippen MR) is 92.1 cm³/mol. The number of aromatic nitrogens is 2. The van der Waals surface area contributed by atoms with Crippen molar-refractivity contribution in [2.45, 2.75) is 13.8 Å². The van der Waals surface area contributed by atoms with E-state index >= 15 is 0 Å². The summed E-state index contributed by atoms with van der Waals surface area (Å²) >= 11 is 0. The normalized spacial score (nSPS) is 10.1. The number of nitrogens with one attached hydrogen (secondary N) is 1. The number of hydrogen-bond acceptors (Lipinski definition) is 8. The van der Waals surface area contributed by atoms with Crippen LogP contribution in [0.15, 0.2) is 18.3 Å². The minimum Gasteiger partial charge on any atom is -0.493 e. The van der Waals surface area contributed by atoms with Crippen molar-refractivity contribution in [1.29, 1.82) is 0 Å². The molecule has 0 bridgehead atoms. The molecule has 1 N–H and O–H groups in total. The molecule has 1 heterocycles. The van der Waals surface area contributed by atoms with E-state index in [0.29, 0.717) is 46.7 Å². The van der Waals surface area contributed by atoms with Crippen LogP contribution in [0.2, 0.25) is 0 Å². The average molecular weight is 347 g/mol. The molecule has 8 nitrogen and oxygen atoms in total. The van der Waals surface area contributed by atoms with Gasteiger partial charge in [0.1, 0.15) is 0 Å². The van der Waals surface area contributed by atoms with E-state index in [1.54, 1.807) is 26.0 Å². The van der Waals surface area contributed by atoms with E-state index in [2.05, 4.69) is 15.3 Å². The van der Waals surface area contributed by atoms with Crippen molar-refractivity contribution in [2.75, 3.05) is 33.3 Å². The Kier molecular flexibility index (Phi) is 5.99. The first-order valence-corrected chi connectivity index (χ1v) is 7.61. The molecular formula is C17H21N3O5. The third kappa shape index (κ3) is 4.09. The molecule has 0 atom stereocenters. The Balaban J connectivity index is 2.30. The molecule has 2 aromatic rings. The summed E-state index contributed by atoms with van der Waals surface area (Å²) in [5.41, 5.74) is 1.50. The number of anilines is 2. The summed E-state index contributed by atoms with van der Waals surface area (Å²) in [7, 11) is 4.61. The third-order valence-electron chi connectivity index (χ3n) is 3.40. The van der Waals surface area contributed by atoms with Gasteiger partial charge in [0, 0.05) is 24.0 Å². The van der Waals surface area contributed by atoms with Crippen LogP contribution in [0, 0.1) is 6.92 Å². The molecule has 0 unspecified atom stereocenters. The van der Waals surface area contributed by atoms with Crippen LogP contribution >= 0.6 is 0 Å². The van der Waals surface area contributed by atoms with Gasteiger partial charge >= 0.3 is 5.97 Å². The highest BCUT2D eigenvalue weighted by Gasteiger charge is 2.15. The molecule has 0 amide bonds. The van der Waals surface area contributed by atoms with E-state index in [9.17, 15) is 4.79 Å². The average Bonchev–Trinajstić information content (AvgIpc) is 2.61. The number of carbonyl (C=O) groups is 1. The van der Waals surface area contributed by atoms with Crippen molar-refractivity contribution < 1.29 is 23.7 Å². The lowest BCUT2D eigenvalue weighted by Crippen LogP contribution is -2.10. The smallest absolute Gasteiger partial charge is 0.341 e. The Morgan fingerprint density at radius 1 is 1.12 bits per heavy atom. The number of benzene rings is 1. The van der Waals surface area contributed by atoms with Crippen LogP contribution in [0.1, 0.15) is 23.0 Å². The number of carbonyl (C=O) groups excluding carboxylic acids is 1. The van der Waals surface area contributed by atoms with Gasteiger partial charge < -0.3 is 24.3 Å². The van der Waals surface area contributed by atoms with E-state index in [0.717, 1.165) is 0 Å². The summed E-state index contributed by atoms with van der Waals surface area (Å²) in [5.74, 6) is 1.39. The highest BCUT2D eigenvalue weighted by Crippen LogP contribution is 2.40. The van der Waals surface area contributed by atoms with Crippen LogP contribution in [-0.2, 0) is 4.74 Å². The Bertz CT molecular complexity index is 739. The molecule has 2 rings (SSSR count). The summed E-state index contributed by atoms with van der Waals surface area (Å²) in [5, 5.41) is 3.05. The van der Waals surface area contributed by atoms with Crippen molar-refractivity contribution >= 4 is 17.6 Å². The number of hydrogen-bond donors (Lipinski definition) is 1. The minimum atomic E-state index is -0.445. The quantitative estimate of drug-likeness (QED) is 0.765. The topological polar surface area (TPSA) is 91.8 Å². The summed E-state index contributed by atoms with van der Waals surface area (Å²) in [6, 6.07) is 3.47. The van der Waals surface area contributed by atoms with Crippen LogP contribution in [0.4, 0.5) is 11.6 Å². The van der Waals surface area contributed by atoms with Gasteiger partial charge in [0.25, 0.3) is 0 Å². The fourth-order valence-electron chi connectivity index (χ4n) is 2.22. The van der Waals surface area contributed by atoms with Crippen LogP contribution in [0.5, 0.6) is 17.2 Å². The lowest BCUT2D eigenvalue weighted by Gasteiger charge is -2.15. The van der Waals surface area contributed by atoms with E-state index in [-0.39, 0.29) is 0 Å². The van der Waals surface area contributed by atoms with Crippen molar-refractivity contribution in [3.05, 3.63) is 29.6 Å². The maximum absolute atomic E-state index is 11.8. The summed E-state index contributed by atoms with van der Waals surface area (Å²) in [4.78, 5) is 20.2. The molecule has 0 fully saturated rings. The van der Waals surface area contributed by atoms with E-state index in [1.165, 1.54) is 27.5 Å². The Morgan fingerprint density at radius 3 is 2.24 bits per heavy atom. The second kappa shape index (κ2) is 8.18. The second-order valence-corrected chi connectivity index (χ2v) is 4.95. The first-order valence-electron chi connectivity index (χ1n) is 7.61. The molecule has 0 aliphatic carbocycles. The SMILES string of the molecule is CCOC(=O)c1cnc(Nc2cc(OC)c(OC)c(OC)c2)nc1C. The molecule has 0 aliphatic rings. The Morgan fingerprint density at radius 2 is 1.76 bits per heavy atom. The van der Waals surface area contributed by atoms with Crippen LogP contribution in [0.25, 0.3) is 0 Å². The molecule has 0 saturated heterocycles. The van der Waals surface area contributed by atoms with Crippen molar-refractivity contribution in [3.63, 3.8) is 0 Å². The number of aryl methyl sites for hydroxylation is 1. The monoisotopic (exact) mass is 347 g/mol. The lowest BCUT2D eigenvalue weighted by molar-refractivity contribution is 0.0524. The van der Waals surface area contributed by atoms with Gasteiger partial charge in [0.15, 0.2) is 11.5 Å². The Hall–Kier alpha value is -3.03. The first kappa shape index (κ1) is 18.3. The van der Waals surface area contributed by atoms with Crippen LogP contribution in [0.3, 0.4) is 0 Å². The lowest BCUT2D eigenvalue weighted by atomic mass is 10.2. The van der Waals surface area contributed by atoms with Gasteiger partial charge in [0.2, 0.25) is 11.7 Å². The van der Waals surface area contributed by atoms with Gasteiger partial charge in [-0.25, -0.2) is 14.8 Å². The summed E-state index contributed by atoms with van der Waals surface area (Å²) in [6.45, 7) is 3.76. The Labute approximate surface area is 146 Å². The number of methoxy groups -OCH3 is 3. The zero-order chi connectivity index (χ0) is 18.4. The highest BCUT2D eigenvalue weighted by molar-refractivity contribution is 5.90. The van der Waals surface area contributed by atoms with Gasteiger partial charge in [-0.05, 0) is 13.8 Å². The van der Waals surface area contributed by atoms with Crippen molar-refractivity contribution in [1.82, 2.24) is 9.97 Å². The number of esters is 1. The van der Waals surface area contributed by atoms with Gasteiger partial charge in [-0.3, -0.25) is 0 Å². The van der Waals surface area contributed by atoms with Gasteiger partial charge in [-0.2, -0.15) is 0 Å². The third-order valence-corrected chi connectivity index (χ3v) is 3.40. The maximum atomic E-state index is 11.8. The van der Waals surface area contributed by atoms with Crippen molar-refractivity contribution in [3.8, 4) is 17.2 Å². The molecule has 25 heavy (non-hydrogen) atoms.